The van der Waals surface area contributed by atoms with Gasteiger partial charge >= 0.3 is 0 Å². The molecular weight excluding hydrogens is 432 g/mol. The Morgan fingerprint density at radius 3 is 2.38 bits per heavy atom. The average Bonchev–Trinajstić information content (AvgIpc) is 3.32. The van der Waals surface area contributed by atoms with Crippen molar-refractivity contribution in [2.24, 2.45) is 17.3 Å². The third kappa shape index (κ3) is 6.92. The molecule has 3 saturated heterocycles. The van der Waals surface area contributed by atoms with Crippen molar-refractivity contribution in [3.05, 3.63) is 23.8 Å². The highest BCUT2D eigenvalue weighted by Crippen LogP contribution is 2.46. The molecule has 0 aromatic rings. The molecule has 0 radical (unpaired) electrons. The molecule has 1 N–H and O–H groups in total. The number of hydrogen-bond donors (Lipinski definition) is 1. The number of aliphatic hydroxyl groups is 1. The zero-order valence-electron chi connectivity index (χ0n) is 21.6. The summed E-state index contributed by atoms with van der Waals surface area (Å²) >= 11 is 0. The Bertz CT molecular complexity index is 687. The molecule has 4 rings (SSSR count). The van der Waals surface area contributed by atoms with Gasteiger partial charge in [0, 0.05) is 32.0 Å². The molecule has 34 heavy (non-hydrogen) atoms. The normalized spacial score (nSPS) is 37.6. The second kappa shape index (κ2) is 12.0. The number of ether oxygens (including phenoxy) is 5. The molecule has 6 heteroatoms. The smallest absolute Gasteiger partial charge is 0.158 e. The van der Waals surface area contributed by atoms with Gasteiger partial charge in [0.05, 0.1) is 18.3 Å². The molecule has 6 nitrogen and oxygen atoms in total. The van der Waals surface area contributed by atoms with E-state index in [-0.39, 0.29) is 48.1 Å². The van der Waals surface area contributed by atoms with Gasteiger partial charge in [-0.15, -0.1) is 0 Å². The monoisotopic (exact) mass is 478 g/mol. The summed E-state index contributed by atoms with van der Waals surface area (Å²) < 4.78 is 30.7. The Hall–Kier alpha value is -0.760. The largest absolute Gasteiger partial charge is 0.368 e. The van der Waals surface area contributed by atoms with Crippen LogP contribution in [0.1, 0.15) is 85.5 Å². The topological polar surface area (TPSA) is 66.4 Å². The Labute approximate surface area is 206 Å². The van der Waals surface area contributed by atoms with E-state index in [1.807, 2.05) is 0 Å². The van der Waals surface area contributed by atoms with Gasteiger partial charge in [-0.3, -0.25) is 0 Å². The lowest BCUT2D eigenvalue weighted by Gasteiger charge is -2.36. The molecule has 8 atom stereocenters. The van der Waals surface area contributed by atoms with E-state index >= 15 is 0 Å². The van der Waals surface area contributed by atoms with E-state index in [1.54, 1.807) is 0 Å². The van der Waals surface area contributed by atoms with Crippen molar-refractivity contribution < 1.29 is 28.8 Å². The van der Waals surface area contributed by atoms with Crippen molar-refractivity contribution in [1.29, 1.82) is 0 Å². The summed E-state index contributed by atoms with van der Waals surface area (Å²) in [6, 6.07) is 0. The number of rotatable bonds is 9. The lowest BCUT2D eigenvalue weighted by atomic mass is 9.81. The molecule has 194 valence electrons. The van der Waals surface area contributed by atoms with E-state index in [4.69, 9.17) is 23.7 Å². The molecule has 1 aliphatic carbocycles. The van der Waals surface area contributed by atoms with Gasteiger partial charge < -0.3 is 28.8 Å². The van der Waals surface area contributed by atoms with Crippen molar-refractivity contribution in [3.63, 3.8) is 0 Å². The minimum absolute atomic E-state index is 0.0364. The minimum atomic E-state index is -0.672. The van der Waals surface area contributed by atoms with Gasteiger partial charge in [0.1, 0.15) is 0 Å². The third-order valence-electron chi connectivity index (χ3n) is 7.89. The van der Waals surface area contributed by atoms with Crippen molar-refractivity contribution in [2.75, 3.05) is 13.2 Å². The fraction of sp³-hybridized carbons (Fsp3) is 0.857. The van der Waals surface area contributed by atoms with Crippen LogP contribution in [-0.2, 0) is 23.7 Å². The van der Waals surface area contributed by atoms with Gasteiger partial charge in [-0.25, -0.2) is 0 Å². The van der Waals surface area contributed by atoms with Crippen LogP contribution in [0, 0.1) is 17.3 Å². The van der Waals surface area contributed by atoms with E-state index in [0.29, 0.717) is 6.42 Å². The molecule has 0 aromatic heterocycles. The maximum atomic E-state index is 10.1. The zero-order chi connectivity index (χ0) is 24.1. The summed E-state index contributed by atoms with van der Waals surface area (Å²) in [5, 5.41) is 10.1. The predicted molar refractivity (Wildman–Crippen MR) is 131 cm³/mol. The summed E-state index contributed by atoms with van der Waals surface area (Å²) in [6.07, 6.45) is 14.7. The van der Waals surface area contributed by atoms with E-state index in [0.717, 1.165) is 64.6 Å². The van der Waals surface area contributed by atoms with Gasteiger partial charge in [0.25, 0.3) is 0 Å². The summed E-state index contributed by atoms with van der Waals surface area (Å²) in [4.78, 5) is 0. The summed E-state index contributed by atoms with van der Waals surface area (Å²) in [7, 11) is 0. The van der Waals surface area contributed by atoms with Crippen LogP contribution in [0.15, 0.2) is 23.8 Å². The zero-order valence-corrected chi connectivity index (χ0v) is 21.6. The van der Waals surface area contributed by atoms with E-state index in [2.05, 4.69) is 45.9 Å². The Morgan fingerprint density at radius 2 is 1.74 bits per heavy atom. The molecule has 3 aliphatic heterocycles. The average molecular weight is 479 g/mol. The Kier molecular flexibility index (Phi) is 9.27. The summed E-state index contributed by atoms with van der Waals surface area (Å²) in [5.41, 5.74) is 1.24. The van der Waals surface area contributed by atoms with Crippen molar-refractivity contribution >= 4 is 0 Å². The number of fused-ring (bicyclic) bond motifs is 1. The third-order valence-corrected chi connectivity index (χ3v) is 7.89. The van der Waals surface area contributed by atoms with Crippen LogP contribution in [0.4, 0.5) is 0 Å². The van der Waals surface area contributed by atoms with Crippen LogP contribution in [0.2, 0.25) is 0 Å². The van der Waals surface area contributed by atoms with Gasteiger partial charge in [-0.2, -0.15) is 0 Å². The van der Waals surface area contributed by atoms with Crippen molar-refractivity contribution in [1.82, 2.24) is 0 Å². The predicted octanol–water partition coefficient (Wildman–Crippen LogP) is 5.49. The molecule has 4 aliphatic rings. The number of allylic oxidation sites excluding steroid dienone is 2. The van der Waals surface area contributed by atoms with E-state index in [1.165, 1.54) is 5.57 Å². The first-order valence-corrected chi connectivity index (χ1v) is 13.5. The maximum absolute atomic E-state index is 10.1. The van der Waals surface area contributed by atoms with Crippen LogP contribution in [-0.4, -0.2) is 55.5 Å². The molecule has 3 unspecified atom stereocenters. The van der Waals surface area contributed by atoms with E-state index < -0.39 is 6.29 Å². The molecular formula is C28H46O6. The first kappa shape index (κ1) is 26.3. The van der Waals surface area contributed by atoms with Gasteiger partial charge in [0.15, 0.2) is 18.9 Å². The second-order valence-corrected chi connectivity index (χ2v) is 11.5. The molecule has 0 amide bonds. The maximum Gasteiger partial charge on any atom is 0.158 e. The fourth-order valence-corrected chi connectivity index (χ4v) is 5.75. The van der Waals surface area contributed by atoms with Crippen LogP contribution in [0.5, 0.6) is 0 Å². The van der Waals surface area contributed by atoms with Crippen LogP contribution < -0.4 is 0 Å². The summed E-state index contributed by atoms with van der Waals surface area (Å²) in [5.74, 6) is 0.428. The Balaban J connectivity index is 1.51. The van der Waals surface area contributed by atoms with Crippen molar-refractivity contribution in [2.45, 2.75) is 123 Å². The number of hydrogen-bond acceptors (Lipinski definition) is 6. The highest BCUT2D eigenvalue weighted by molar-refractivity contribution is 5.10. The first-order valence-electron chi connectivity index (χ1n) is 13.5. The minimum Gasteiger partial charge on any atom is -0.368 e. The molecule has 0 aromatic carbocycles. The first-order chi connectivity index (χ1) is 16.3. The standard InChI is InChI=1S/C28H46O6/c1-19(2)13-14-28(3,4)24(34-27-10-6-8-16-31-27)12-11-20-21-17-25(29)32-23(21)18-22(20)33-26-9-5-7-15-30-26/h11-13,20-27,29H,5-10,14-18H2,1-4H3/t20-,21-,22-,23+,24-,25?,26?,27?/m1/s1. The Morgan fingerprint density at radius 1 is 1.03 bits per heavy atom. The number of aliphatic hydroxyl groups excluding tert-OH is 1. The van der Waals surface area contributed by atoms with E-state index in [9.17, 15) is 5.11 Å². The second-order valence-electron chi connectivity index (χ2n) is 11.5. The lowest BCUT2D eigenvalue weighted by molar-refractivity contribution is -0.198. The van der Waals surface area contributed by atoms with Crippen LogP contribution >= 0.6 is 0 Å². The highest BCUT2D eigenvalue weighted by atomic mass is 16.7. The molecule has 0 bridgehead atoms. The van der Waals surface area contributed by atoms with Gasteiger partial charge in [0.2, 0.25) is 0 Å². The van der Waals surface area contributed by atoms with Crippen LogP contribution in [0.3, 0.4) is 0 Å². The quantitative estimate of drug-likeness (QED) is 0.442. The molecule has 1 saturated carbocycles. The SMILES string of the molecule is CC(C)=CCC(C)(C)[C@@H](C=C[C@@H]1[C@H]2CC(O)O[C@H]2C[C@H]1OC1CCCCO1)OC1CCCCO1. The molecule has 3 heterocycles. The van der Waals surface area contributed by atoms with Gasteiger partial charge in [-0.05, 0) is 70.1 Å². The van der Waals surface area contributed by atoms with Crippen LogP contribution in [0.25, 0.3) is 0 Å². The fourth-order valence-electron chi connectivity index (χ4n) is 5.75. The summed E-state index contributed by atoms with van der Waals surface area (Å²) in [6.45, 7) is 10.4. The highest BCUT2D eigenvalue weighted by Gasteiger charge is 2.49. The molecule has 0 spiro atoms. The van der Waals surface area contributed by atoms with Gasteiger partial charge in [-0.1, -0.05) is 37.6 Å². The molecule has 4 fully saturated rings. The van der Waals surface area contributed by atoms with Crippen molar-refractivity contribution in [3.8, 4) is 0 Å². The lowest BCUT2D eigenvalue weighted by Crippen LogP contribution is -2.36.